The van der Waals surface area contributed by atoms with Gasteiger partial charge in [-0.3, -0.25) is 9.69 Å². The van der Waals surface area contributed by atoms with Crippen LogP contribution >= 0.6 is 0 Å². The van der Waals surface area contributed by atoms with Gasteiger partial charge in [0, 0.05) is 31.7 Å². The second-order valence-electron chi connectivity index (χ2n) is 6.45. The number of rotatable bonds is 4. The molecule has 0 spiro atoms. The van der Waals surface area contributed by atoms with Crippen molar-refractivity contribution < 1.29 is 4.79 Å². The molecule has 0 amide bonds. The third-order valence-electron chi connectivity index (χ3n) is 4.50. The molecular weight excluding hydrogens is 284 g/mol. The molecule has 0 bridgehead atoms. The molecule has 1 aliphatic heterocycles. The Kier molecular flexibility index (Phi) is 4.89. The van der Waals surface area contributed by atoms with Gasteiger partial charge in [-0.15, -0.1) is 0 Å². The molecule has 2 aromatic rings. The first-order chi connectivity index (χ1) is 11.1. The van der Waals surface area contributed by atoms with Crippen LogP contribution in [0.4, 0.5) is 0 Å². The Morgan fingerprint density at radius 1 is 0.957 bits per heavy atom. The molecule has 23 heavy (non-hydrogen) atoms. The van der Waals surface area contributed by atoms with Crippen LogP contribution in [0, 0.1) is 6.92 Å². The largest absolute Gasteiger partial charge is 0.304 e. The highest BCUT2D eigenvalue weighted by Crippen LogP contribution is 2.21. The number of likely N-dealkylation sites (N-methyl/N-ethyl adjacent to an activating group) is 1. The van der Waals surface area contributed by atoms with E-state index >= 15 is 0 Å². The van der Waals surface area contributed by atoms with Crippen LogP contribution in [0.25, 0.3) is 11.1 Å². The van der Waals surface area contributed by atoms with Gasteiger partial charge in [-0.1, -0.05) is 48.0 Å². The fourth-order valence-electron chi connectivity index (χ4n) is 3.00. The van der Waals surface area contributed by atoms with Gasteiger partial charge in [0.15, 0.2) is 5.78 Å². The van der Waals surface area contributed by atoms with Gasteiger partial charge in [-0.05, 0) is 31.2 Å². The summed E-state index contributed by atoms with van der Waals surface area (Å²) < 4.78 is 0. The SMILES string of the molecule is Cc1cccc(-c2cccc(C(=O)CN3CCN(C)CC3)c2)c1. The van der Waals surface area contributed by atoms with E-state index in [0.29, 0.717) is 6.54 Å². The van der Waals surface area contributed by atoms with Crippen LogP contribution in [-0.2, 0) is 0 Å². The number of aryl methyl sites for hydroxylation is 1. The summed E-state index contributed by atoms with van der Waals surface area (Å²) >= 11 is 0. The Hall–Kier alpha value is -1.97. The number of hydrogen-bond acceptors (Lipinski definition) is 3. The number of carbonyl (C=O) groups excluding carboxylic acids is 1. The van der Waals surface area contributed by atoms with Crippen LogP contribution < -0.4 is 0 Å². The zero-order chi connectivity index (χ0) is 16.2. The zero-order valence-electron chi connectivity index (χ0n) is 14.0. The lowest BCUT2D eigenvalue weighted by atomic mass is 10.00. The fourth-order valence-corrected chi connectivity index (χ4v) is 3.00. The minimum absolute atomic E-state index is 0.212. The molecule has 1 saturated heterocycles. The van der Waals surface area contributed by atoms with Gasteiger partial charge in [0.25, 0.3) is 0 Å². The summed E-state index contributed by atoms with van der Waals surface area (Å²) in [6, 6.07) is 16.4. The summed E-state index contributed by atoms with van der Waals surface area (Å²) in [6.45, 7) is 6.63. The number of benzene rings is 2. The zero-order valence-corrected chi connectivity index (χ0v) is 14.0. The van der Waals surface area contributed by atoms with Crippen LogP contribution in [0.5, 0.6) is 0 Å². The van der Waals surface area contributed by atoms with E-state index in [1.165, 1.54) is 11.1 Å². The van der Waals surface area contributed by atoms with E-state index in [0.717, 1.165) is 37.3 Å². The first-order valence-corrected chi connectivity index (χ1v) is 8.23. The average molecular weight is 308 g/mol. The molecule has 0 saturated carbocycles. The van der Waals surface area contributed by atoms with Gasteiger partial charge in [0.05, 0.1) is 6.54 Å². The number of hydrogen-bond donors (Lipinski definition) is 0. The molecule has 2 aromatic carbocycles. The number of ketones is 1. The van der Waals surface area contributed by atoms with E-state index in [9.17, 15) is 4.79 Å². The van der Waals surface area contributed by atoms with Gasteiger partial charge in [0.1, 0.15) is 0 Å². The van der Waals surface area contributed by atoms with Crippen LogP contribution in [-0.4, -0.2) is 55.4 Å². The van der Waals surface area contributed by atoms with E-state index < -0.39 is 0 Å². The van der Waals surface area contributed by atoms with Crippen molar-refractivity contribution >= 4 is 5.78 Å². The molecule has 1 aliphatic rings. The van der Waals surface area contributed by atoms with Crippen molar-refractivity contribution in [1.29, 1.82) is 0 Å². The molecule has 3 nitrogen and oxygen atoms in total. The van der Waals surface area contributed by atoms with Crippen molar-refractivity contribution in [3.8, 4) is 11.1 Å². The predicted molar refractivity (Wildman–Crippen MR) is 94.9 cm³/mol. The Bertz CT molecular complexity index is 688. The van der Waals surface area contributed by atoms with Crippen molar-refractivity contribution in [2.24, 2.45) is 0 Å². The lowest BCUT2D eigenvalue weighted by Gasteiger charge is -2.31. The lowest BCUT2D eigenvalue weighted by molar-refractivity contribution is 0.0876. The number of piperazine rings is 1. The predicted octanol–water partition coefficient (Wildman–Crippen LogP) is 3.09. The maximum absolute atomic E-state index is 12.6. The van der Waals surface area contributed by atoms with Crippen molar-refractivity contribution in [1.82, 2.24) is 9.80 Å². The van der Waals surface area contributed by atoms with E-state index in [1.54, 1.807) is 0 Å². The van der Waals surface area contributed by atoms with Gasteiger partial charge in [0.2, 0.25) is 0 Å². The molecule has 0 N–H and O–H groups in total. The summed E-state index contributed by atoms with van der Waals surface area (Å²) in [5, 5.41) is 0. The molecule has 1 heterocycles. The summed E-state index contributed by atoms with van der Waals surface area (Å²) in [7, 11) is 2.13. The van der Waals surface area contributed by atoms with Gasteiger partial charge in [-0.25, -0.2) is 0 Å². The quantitative estimate of drug-likeness (QED) is 0.811. The minimum atomic E-state index is 0.212. The molecule has 0 radical (unpaired) electrons. The normalized spacial score (nSPS) is 16.4. The maximum Gasteiger partial charge on any atom is 0.176 e. The van der Waals surface area contributed by atoms with E-state index in [4.69, 9.17) is 0 Å². The van der Waals surface area contributed by atoms with Crippen LogP contribution in [0.3, 0.4) is 0 Å². The summed E-state index contributed by atoms with van der Waals surface area (Å²) in [4.78, 5) is 17.1. The topological polar surface area (TPSA) is 23.6 Å². The molecule has 0 aliphatic carbocycles. The molecular formula is C20H24N2O. The Balaban J connectivity index is 1.73. The van der Waals surface area contributed by atoms with Crippen molar-refractivity contribution in [2.75, 3.05) is 39.8 Å². The third-order valence-corrected chi connectivity index (χ3v) is 4.50. The molecule has 120 valence electrons. The first kappa shape index (κ1) is 15.9. The molecule has 0 unspecified atom stereocenters. The number of nitrogens with zero attached hydrogens (tertiary/aromatic N) is 2. The van der Waals surface area contributed by atoms with Crippen LogP contribution in [0.1, 0.15) is 15.9 Å². The third kappa shape index (κ3) is 4.06. The smallest absolute Gasteiger partial charge is 0.176 e. The van der Waals surface area contributed by atoms with Crippen LogP contribution in [0.15, 0.2) is 48.5 Å². The molecule has 3 rings (SSSR count). The summed E-state index contributed by atoms with van der Waals surface area (Å²) in [5.41, 5.74) is 4.32. The summed E-state index contributed by atoms with van der Waals surface area (Å²) in [5.74, 6) is 0.212. The fraction of sp³-hybridized carbons (Fsp3) is 0.350. The van der Waals surface area contributed by atoms with Gasteiger partial charge in [-0.2, -0.15) is 0 Å². The highest BCUT2D eigenvalue weighted by molar-refractivity contribution is 5.98. The van der Waals surface area contributed by atoms with E-state index in [-0.39, 0.29) is 5.78 Å². The van der Waals surface area contributed by atoms with Crippen LogP contribution in [0.2, 0.25) is 0 Å². The standard InChI is InChI=1S/C20H24N2O/c1-16-5-3-6-17(13-16)18-7-4-8-19(14-18)20(23)15-22-11-9-21(2)10-12-22/h3-8,13-14H,9-12,15H2,1-2H3. The molecule has 0 atom stereocenters. The van der Waals surface area contributed by atoms with E-state index in [1.807, 2.05) is 18.2 Å². The maximum atomic E-state index is 12.6. The monoisotopic (exact) mass is 308 g/mol. The average Bonchev–Trinajstić information content (AvgIpc) is 2.57. The highest BCUT2D eigenvalue weighted by atomic mass is 16.1. The number of carbonyl (C=O) groups is 1. The van der Waals surface area contributed by atoms with E-state index in [2.05, 4.69) is 54.1 Å². The second-order valence-corrected chi connectivity index (χ2v) is 6.45. The second kappa shape index (κ2) is 7.07. The lowest BCUT2D eigenvalue weighted by Crippen LogP contribution is -2.46. The van der Waals surface area contributed by atoms with Crippen molar-refractivity contribution in [2.45, 2.75) is 6.92 Å². The summed E-state index contributed by atoms with van der Waals surface area (Å²) in [6.07, 6.45) is 0. The Morgan fingerprint density at radius 2 is 1.61 bits per heavy atom. The minimum Gasteiger partial charge on any atom is -0.304 e. The first-order valence-electron chi connectivity index (χ1n) is 8.23. The molecule has 0 aromatic heterocycles. The van der Waals surface area contributed by atoms with Gasteiger partial charge >= 0.3 is 0 Å². The molecule has 1 fully saturated rings. The van der Waals surface area contributed by atoms with Crippen molar-refractivity contribution in [3.05, 3.63) is 59.7 Å². The Labute approximate surface area is 138 Å². The molecule has 3 heteroatoms. The number of Topliss-reactive ketones (excluding diaryl/α,β-unsaturated/α-hetero) is 1. The Morgan fingerprint density at radius 3 is 2.30 bits per heavy atom. The highest BCUT2D eigenvalue weighted by Gasteiger charge is 2.17. The van der Waals surface area contributed by atoms with Crippen molar-refractivity contribution in [3.63, 3.8) is 0 Å². The van der Waals surface area contributed by atoms with Gasteiger partial charge < -0.3 is 4.90 Å².